The van der Waals surface area contributed by atoms with Crippen molar-refractivity contribution in [2.75, 3.05) is 31.1 Å². The fourth-order valence-electron chi connectivity index (χ4n) is 3.27. The van der Waals surface area contributed by atoms with Crippen molar-refractivity contribution in [1.82, 2.24) is 10.1 Å². The molecule has 1 aliphatic heterocycles. The van der Waals surface area contributed by atoms with Crippen LogP contribution in [0.5, 0.6) is 0 Å². The van der Waals surface area contributed by atoms with Gasteiger partial charge in [-0.05, 0) is 19.8 Å². The first kappa shape index (κ1) is 13.5. The van der Waals surface area contributed by atoms with Gasteiger partial charge in [-0.1, -0.05) is 24.4 Å². The number of amides is 1. The van der Waals surface area contributed by atoms with Gasteiger partial charge in [-0.3, -0.25) is 4.79 Å². The average Bonchev–Trinajstić information content (AvgIpc) is 2.94. The maximum Gasteiger partial charge on any atom is 0.225 e. The van der Waals surface area contributed by atoms with Gasteiger partial charge in [-0.25, -0.2) is 0 Å². The second kappa shape index (κ2) is 5.85. The summed E-state index contributed by atoms with van der Waals surface area (Å²) in [4.78, 5) is 16.7. The minimum absolute atomic E-state index is 0.282. The van der Waals surface area contributed by atoms with E-state index < -0.39 is 0 Å². The molecule has 1 amide bonds. The van der Waals surface area contributed by atoms with E-state index in [1.54, 1.807) is 0 Å². The van der Waals surface area contributed by atoms with Crippen molar-refractivity contribution >= 4 is 11.7 Å². The normalized spacial score (nSPS) is 21.2. The Morgan fingerprint density at radius 2 is 1.90 bits per heavy atom. The van der Waals surface area contributed by atoms with E-state index in [1.165, 1.54) is 19.3 Å². The summed E-state index contributed by atoms with van der Waals surface area (Å²) in [5.74, 6) is 2.39. The molecule has 5 heteroatoms. The summed E-state index contributed by atoms with van der Waals surface area (Å²) in [7, 11) is 0. The molecule has 2 heterocycles. The summed E-state index contributed by atoms with van der Waals surface area (Å²) in [5, 5.41) is 4.05. The number of carbonyl (C=O) groups excluding carboxylic acids is 1. The molecule has 1 aliphatic carbocycles. The molecule has 1 aromatic rings. The molecular formula is C15H23N3O2. The Kier molecular flexibility index (Phi) is 3.94. The topological polar surface area (TPSA) is 49.6 Å². The highest BCUT2D eigenvalue weighted by molar-refractivity contribution is 5.79. The molecule has 3 rings (SSSR count). The van der Waals surface area contributed by atoms with Crippen molar-refractivity contribution in [2.24, 2.45) is 5.92 Å². The SMILES string of the molecule is Cc1cc(N2CCN(C(=O)C3CCCCC3)CC2)no1. The van der Waals surface area contributed by atoms with Crippen LogP contribution < -0.4 is 4.90 Å². The predicted octanol–water partition coefficient (Wildman–Crippen LogP) is 2.21. The first-order valence-corrected chi connectivity index (χ1v) is 7.71. The molecule has 1 saturated carbocycles. The molecule has 0 spiro atoms. The summed E-state index contributed by atoms with van der Waals surface area (Å²) in [6.45, 7) is 5.22. The number of hydrogen-bond acceptors (Lipinski definition) is 4. The largest absolute Gasteiger partial charge is 0.360 e. The fraction of sp³-hybridized carbons (Fsp3) is 0.733. The monoisotopic (exact) mass is 277 g/mol. The summed E-state index contributed by atoms with van der Waals surface area (Å²) >= 11 is 0. The molecule has 20 heavy (non-hydrogen) atoms. The lowest BCUT2D eigenvalue weighted by molar-refractivity contribution is -0.136. The van der Waals surface area contributed by atoms with Crippen LogP contribution in [0.2, 0.25) is 0 Å². The Balaban J connectivity index is 1.54. The number of aryl methyl sites for hydroxylation is 1. The second-order valence-electron chi connectivity index (χ2n) is 5.94. The predicted molar refractivity (Wildman–Crippen MR) is 76.6 cm³/mol. The number of carbonyl (C=O) groups is 1. The van der Waals surface area contributed by atoms with Gasteiger partial charge in [0.15, 0.2) is 5.82 Å². The number of nitrogens with zero attached hydrogens (tertiary/aromatic N) is 3. The summed E-state index contributed by atoms with van der Waals surface area (Å²) in [5.41, 5.74) is 0. The minimum atomic E-state index is 0.282. The third-order valence-corrected chi connectivity index (χ3v) is 4.49. The molecule has 1 aromatic heterocycles. The van der Waals surface area contributed by atoms with E-state index in [-0.39, 0.29) is 5.92 Å². The van der Waals surface area contributed by atoms with E-state index in [9.17, 15) is 4.79 Å². The molecular weight excluding hydrogens is 254 g/mol. The van der Waals surface area contributed by atoms with E-state index in [2.05, 4.69) is 10.1 Å². The molecule has 0 aromatic carbocycles. The minimum Gasteiger partial charge on any atom is -0.360 e. The number of piperazine rings is 1. The van der Waals surface area contributed by atoms with Gasteiger partial charge in [0.05, 0.1) is 0 Å². The highest BCUT2D eigenvalue weighted by atomic mass is 16.5. The van der Waals surface area contributed by atoms with Gasteiger partial charge in [0, 0.05) is 38.2 Å². The zero-order valence-electron chi connectivity index (χ0n) is 12.2. The molecule has 0 radical (unpaired) electrons. The van der Waals surface area contributed by atoms with E-state index in [4.69, 9.17) is 4.52 Å². The first-order chi connectivity index (χ1) is 9.74. The maximum atomic E-state index is 12.5. The van der Waals surface area contributed by atoms with Crippen LogP contribution >= 0.6 is 0 Å². The van der Waals surface area contributed by atoms with Crippen molar-refractivity contribution in [3.8, 4) is 0 Å². The van der Waals surface area contributed by atoms with Crippen LogP contribution in [0.1, 0.15) is 37.9 Å². The molecule has 0 unspecified atom stereocenters. The zero-order chi connectivity index (χ0) is 13.9. The Hall–Kier alpha value is -1.52. The van der Waals surface area contributed by atoms with Gasteiger partial charge < -0.3 is 14.3 Å². The summed E-state index contributed by atoms with van der Waals surface area (Å²) < 4.78 is 5.11. The lowest BCUT2D eigenvalue weighted by atomic mass is 9.88. The van der Waals surface area contributed by atoms with Crippen LogP contribution in [0.4, 0.5) is 5.82 Å². The lowest BCUT2D eigenvalue weighted by Crippen LogP contribution is -2.50. The van der Waals surface area contributed by atoms with Crippen LogP contribution in [0.3, 0.4) is 0 Å². The van der Waals surface area contributed by atoms with E-state index >= 15 is 0 Å². The Morgan fingerprint density at radius 3 is 2.50 bits per heavy atom. The van der Waals surface area contributed by atoms with Crippen molar-refractivity contribution in [3.63, 3.8) is 0 Å². The van der Waals surface area contributed by atoms with Crippen molar-refractivity contribution in [2.45, 2.75) is 39.0 Å². The maximum absolute atomic E-state index is 12.5. The molecule has 0 atom stereocenters. The summed E-state index contributed by atoms with van der Waals surface area (Å²) in [6.07, 6.45) is 5.90. The second-order valence-corrected chi connectivity index (χ2v) is 5.94. The molecule has 110 valence electrons. The van der Waals surface area contributed by atoms with Crippen LogP contribution in [-0.2, 0) is 4.79 Å². The van der Waals surface area contributed by atoms with Gasteiger partial charge in [0.2, 0.25) is 5.91 Å². The van der Waals surface area contributed by atoms with Gasteiger partial charge in [0.1, 0.15) is 5.76 Å². The van der Waals surface area contributed by atoms with Gasteiger partial charge in [0.25, 0.3) is 0 Å². The standard InChI is InChI=1S/C15H23N3O2/c1-12-11-14(16-20-12)17-7-9-18(10-8-17)15(19)13-5-3-2-4-6-13/h11,13H,2-10H2,1H3. The van der Waals surface area contributed by atoms with E-state index in [0.717, 1.165) is 50.6 Å². The van der Waals surface area contributed by atoms with Gasteiger partial charge in [-0.2, -0.15) is 0 Å². The Bertz CT molecular complexity index is 457. The van der Waals surface area contributed by atoms with Crippen molar-refractivity contribution in [1.29, 1.82) is 0 Å². The Morgan fingerprint density at radius 1 is 1.20 bits per heavy atom. The highest BCUT2D eigenvalue weighted by Gasteiger charge is 2.28. The van der Waals surface area contributed by atoms with Crippen molar-refractivity contribution in [3.05, 3.63) is 11.8 Å². The van der Waals surface area contributed by atoms with E-state index in [1.807, 2.05) is 17.9 Å². The molecule has 5 nitrogen and oxygen atoms in total. The quantitative estimate of drug-likeness (QED) is 0.831. The van der Waals surface area contributed by atoms with Crippen LogP contribution in [-0.4, -0.2) is 42.1 Å². The number of anilines is 1. The molecule has 0 N–H and O–H groups in total. The lowest BCUT2D eigenvalue weighted by Gasteiger charge is -2.37. The molecule has 2 fully saturated rings. The number of rotatable bonds is 2. The van der Waals surface area contributed by atoms with Crippen LogP contribution in [0.15, 0.2) is 10.6 Å². The van der Waals surface area contributed by atoms with Crippen LogP contribution in [0, 0.1) is 12.8 Å². The van der Waals surface area contributed by atoms with E-state index in [0.29, 0.717) is 5.91 Å². The fourth-order valence-corrected chi connectivity index (χ4v) is 3.27. The molecule has 1 saturated heterocycles. The summed E-state index contributed by atoms with van der Waals surface area (Å²) in [6, 6.07) is 1.96. The first-order valence-electron chi connectivity index (χ1n) is 7.71. The zero-order valence-corrected chi connectivity index (χ0v) is 12.2. The van der Waals surface area contributed by atoms with Gasteiger partial charge >= 0.3 is 0 Å². The van der Waals surface area contributed by atoms with Crippen LogP contribution in [0.25, 0.3) is 0 Å². The van der Waals surface area contributed by atoms with Crippen molar-refractivity contribution < 1.29 is 9.32 Å². The number of hydrogen-bond donors (Lipinski definition) is 0. The Labute approximate surface area is 119 Å². The molecule has 2 aliphatic rings. The highest BCUT2D eigenvalue weighted by Crippen LogP contribution is 2.26. The third-order valence-electron chi connectivity index (χ3n) is 4.49. The number of aromatic nitrogens is 1. The van der Waals surface area contributed by atoms with Gasteiger partial charge in [-0.15, -0.1) is 0 Å². The molecule has 0 bridgehead atoms. The third kappa shape index (κ3) is 2.81. The average molecular weight is 277 g/mol. The smallest absolute Gasteiger partial charge is 0.225 e.